The summed E-state index contributed by atoms with van der Waals surface area (Å²) in [5, 5.41) is 2.16. The van der Waals surface area contributed by atoms with E-state index >= 15 is 0 Å². The third-order valence-electron chi connectivity index (χ3n) is 3.44. The Balaban J connectivity index is 2.29. The van der Waals surface area contributed by atoms with Crippen LogP contribution < -0.4 is 5.73 Å². The summed E-state index contributed by atoms with van der Waals surface area (Å²) in [6.45, 7) is 4.18. The number of aryl methyl sites for hydroxylation is 2. The molecule has 0 spiro atoms. The van der Waals surface area contributed by atoms with Crippen molar-refractivity contribution in [1.29, 1.82) is 0 Å². The zero-order chi connectivity index (χ0) is 13.4. The second-order valence-corrected chi connectivity index (χ2v) is 4.93. The number of nitrogen functional groups attached to an aromatic ring is 1. The molecule has 94 valence electrons. The summed E-state index contributed by atoms with van der Waals surface area (Å²) in [6.07, 6.45) is 0. The maximum Gasteiger partial charge on any atom is 0.131 e. The van der Waals surface area contributed by atoms with Gasteiger partial charge < -0.3 is 5.73 Å². The molecule has 0 aliphatic heterocycles. The molecule has 2 N–H and O–H groups in total. The van der Waals surface area contributed by atoms with Crippen LogP contribution in [0.25, 0.3) is 22.0 Å². The SMILES string of the molecule is Cc1ccc2c(N)nc(-c3ccccc3C)cc2c1. The van der Waals surface area contributed by atoms with E-state index in [1.807, 2.05) is 18.2 Å². The molecule has 0 aliphatic rings. The Bertz CT molecular complexity index is 760. The van der Waals surface area contributed by atoms with Crippen molar-refractivity contribution < 1.29 is 0 Å². The highest BCUT2D eigenvalue weighted by Gasteiger charge is 2.07. The fourth-order valence-corrected chi connectivity index (χ4v) is 2.40. The number of anilines is 1. The smallest absolute Gasteiger partial charge is 0.131 e. The third-order valence-corrected chi connectivity index (χ3v) is 3.44. The Morgan fingerprint density at radius 2 is 1.74 bits per heavy atom. The summed E-state index contributed by atoms with van der Waals surface area (Å²) in [5.41, 5.74) is 10.6. The molecule has 0 unspecified atom stereocenters. The van der Waals surface area contributed by atoms with Crippen LogP contribution in [-0.2, 0) is 0 Å². The number of hydrogen-bond acceptors (Lipinski definition) is 2. The van der Waals surface area contributed by atoms with Crippen LogP contribution in [0.4, 0.5) is 5.82 Å². The largest absolute Gasteiger partial charge is 0.383 e. The van der Waals surface area contributed by atoms with Crippen molar-refractivity contribution in [3.8, 4) is 11.3 Å². The summed E-state index contributed by atoms with van der Waals surface area (Å²) in [4.78, 5) is 4.54. The van der Waals surface area contributed by atoms with Gasteiger partial charge in [0.25, 0.3) is 0 Å². The lowest BCUT2D eigenvalue weighted by Gasteiger charge is -2.09. The van der Waals surface area contributed by atoms with Gasteiger partial charge in [-0.05, 0) is 30.9 Å². The van der Waals surface area contributed by atoms with Gasteiger partial charge in [0.2, 0.25) is 0 Å². The van der Waals surface area contributed by atoms with Gasteiger partial charge in [-0.15, -0.1) is 0 Å². The van der Waals surface area contributed by atoms with Gasteiger partial charge in [0.1, 0.15) is 5.82 Å². The predicted octanol–water partition coefficient (Wildman–Crippen LogP) is 4.10. The van der Waals surface area contributed by atoms with Gasteiger partial charge >= 0.3 is 0 Å². The Labute approximate surface area is 112 Å². The van der Waals surface area contributed by atoms with E-state index in [0.717, 1.165) is 22.0 Å². The molecule has 0 saturated heterocycles. The second kappa shape index (κ2) is 4.39. The van der Waals surface area contributed by atoms with Crippen LogP contribution in [0.5, 0.6) is 0 Å². The molecule has 0 bridgehead atoms. The molecule has 0 saturated carbocycles. The van der Waals surface area contributed by atoms with Crippen molar-refractivity contribution in [3.05, 3.63) is 59.7 Å². The molecule has 2 heteroatoms. The number of aromatic nitrogens is 1. The average molecular weight is 248 g/mol. The molecule has 2 nitrogen and oxygen atoms in total. The molecule has 2 aromatic carbocycles. The van der Waals surface area contributed by atoms with Crippen LogP contribution in [-0.4, -0.2) is 4.98 Å². The summed E-state index contributed by atoms with van der Waals surface area (Å²) >= 11 is 0. The van der Waals surface area contributed by atoms with E-state index < -0.39 is 0 Å². The van der Waals surface area contributed by atoms with Crippen molar-refractivity contribution >= 4 is 16.6 Å². The summed E-state index contributed by atoms with van der Waals surface area (Å²) in [5.74, 6) is 0.593. The lowest BCUT2D eigenvalue weighted by atomic mass is 10.0. The minimum Gasteiger partial charge on any atom is -0.383 e. The molecule has 3 aromatic rings. The first-order valence-electron chi connectivity index (χ1n) is 6.38. The first kappa shape index (κ1) is 11.7. The molecule has 3 rings (SSSR count). The van der Waals surface area contributed by atoms with Gasteiger partial charge in [-0.1, -0.05) is 48.0 Å². The molecule has 1 aromatic heterocycles. The summed E-state index contributed by atoms with van der Waals surface area (Å²) in [7, 11) is 0. The van der Waals surface area contributed by atoms with Crippen molar-refractivity contribution in [2.75, 3.05) is 5.73 Å². The number of nitrogens with two attached hydrogens (primary N) is 1. The van der Waals surface area contributed by atoms with Crippen molar-refractivity contribution in [2.45, 2.75) is 13.8 Å². The van der Waals surface area contributed by atoms with E-state index in [4.69, 9.17) is 5.73 Å². The standard InChI is InChI=1S/C17H16N2/c1-11-7-8-15-13(9-11)10-16(19-17(15)18)14-6-4-3-5-12(14)2/h3-10H,1-2H3,(H2,18,19). The van der Waals surface area contributed by atoms with Gasteiger partial charge in [-0.25, -0.2) is 4.98 Å². The number of fused-ring (bicyclic) bond motifs is 1. The van der Waals surface area contributed by atoms with Crippen LogP contribution in [0.2, 0.25) is 0 Å². The third kappa shape index (κ3) is 2.06. The van der Waals surface area contributed by atoms with E-state index in [1.54, 1.807) is 0 Å². The maximum atomic E-state index is 6.08. The molecular formula is C17H16N2. The highest BCUT2D eigenvalue weighted by atomic mass is 14.8. The number of rotatable bonds is 1. The van der Waals surface area contributed by atoms with Gasteiger partial charge in [0, 0.05) is 10.9 Å². The van der Waals surface area contributed by atoms with Crippen LogP contribution >= 0.6 is 0 Å². The van der Waals surface area contributed by atoms with Crippen molar-refractivity contribution in [3.63, 3.8) is 0 Å². The molecule has 0 radical (unpaired) electrons. The van der Waals surface area contributed by atoms with E-state index in [2.05, 4.69) is 49.2 Å². The fraction of sp³-hybridized carbons (Fsp3) is 0.118. The van der Waals surface area contributed by atoms with Gasteiger partial charge in [-0.3, -0.25) is 0 Å². The van der Waals surface area contributed by atoms with E-state index in [-0.39, 0.29) is 0 Å². The summed E-state index contributed by atoms with van der Waals surface area (Å²) in [6, 6.07) is 16.6. The maximum absolute atomic E-state index is 6.08. The minimum absolute atomic E-state index is 0.593. The van der Waals surface area contributed by atoms with Gasteiger partial charge in [-0.2, -0.15) is 0 Å². The van der Waals surface area contributed by atoms with E-state index in [0.29, 0.717) is 5.82 Å². The predicted molar refractivity (Wildman–Crippen MR) is 81.1 cm³/mol. The molecule has 1 heterocycles. The summed E-state index contributed by atoms with van der Waals surface area (Å²) < 4.78 is 0. The first-order valence-corrected chi connectivity index (χ1v) is 6.38. The second-order valence-electron chi connectivity index (χ2n) is 4.93. The van der Waals surface area contributed by atoms with E-state index in [9.17, 15) is 0 Å². The Morgan fingerprint density at radius 1 is 0.947 bits per heavy atom. The lowest BCUT2D eigenvalue weighted by molar-refractivity contribution is 1.33. The van der Waals surface area contributed by atoms with E-state index in [1.165, 1.54) is 11.1 Å². The number of nitrogens with zero attached hydrogens (tertiary/aromatic N) is 1. The average Bonchev–Trinajstić information content (AvgIpc) is 2.38. The van der Waals surface area contributed by atoms with Gasteiger partial charge in [0.15, 0.2) is 0 Å². The monoisotopic (exact) mass is 248 g/mol. The molecule has 0 fully saturated rings. The zero-order valence-corrected chi connectivity index (χ0v) is 11.1. The Kier molecular flexibility index (Phi) is 2.71. The molecule has 0 amide bonds. The minimum atomic E-state index is 0.593. The Hall–Kier alpha value is -2.35. The van der Waals surface area contributed by atoms with Crippen LogP contribution in [0.15, 0.2) is 48.5 Å². The highest BCUT2D eigenvalue weighted by Crippen LogP contribution is 2.28. The molecular weight excluding hydrogens is 232 g/mol. The fourth-order valence-electron chi connectivity index (χ4n) is 2.40. The quantitative estimate of drug-likeness (QED) is 0.704. The Morgan fingerprint density at radius 3 is 2.53 bits per heavy atom. The number of hydrogen-bond donors (Lipinski definition) is 1. The molecule has 0 aliphatic carbocycles. The highest BCUT2D eigenvalue weighted by molar-refractivity contribution is 5.94. The van der Waals surface area contributed by atoms with Crippen LogP contribution in [0.3, 0.4) is 0 Å². The van der Waals surface area contributed by atoms with Crippen LogP contribution in [0, 0.1) is 13.8 Å². The van der Waals surface area contributed by atoms with Crippen LogP contribution in [0.1, 0.15) is 11.1 Å². The number of pyridine rings is 1. The zero-order valence-electron chi connectivity index (χ0n) is 11.1. The van der Waals surface area contributed by atoms with Gasteiger partial charge in [0.05, 0.1) is 5.69 Å². The molecule has 19 heavy (non-hydrogen) atoms. The lowest BCUT2D eigenvalue weighted by Crippen LogP contribution is -1.95. The number of benzene rings is 2. The normalized spacial score (nSPS) is 10.8. The topological polar surface area (TPSA) is 38.9 Å². The molecule has 0 atom stereocenters. The van der Waals surface area contributed by atoms with Crippen molar-refractivity contribution in [1.82, 2.24) is 4.98 Å². The first-order chi connectivity index (χ1) is 9.15. The van der Waals surface area contributed by atoms with Crippen molar-refractivity contribution in [2.24, 2.45) is 0 Å².